The molecule has 0 radical (unpaired) electrons. The van der Waals surface area contributed by atoms with Gasteiger partial charge in [-0.3, -0.25) is 0 Å². The smallest absolute Gasteiger partial charge is 0.251 e. The van der Waals surface area contributed by atoms with Crippen molar-refractivity contribution in [1.29, 1.82) is 0 Å². The van der Waals surface area contributed by atoms with Crippen LogP contribution in [0, 0.1) is 0 Å². The van der Waals surface area contributed by atoms with Gasteiger partial charge in [0.15, 0.2) is 8.68 Å². The lowest BCUT2D eigenvalue weighted by Crippen LogP contribution is -2.32. The van der Waals surface area contributed by atoms with E-state index in [2.05, 4.69) is 9.71 Å². The summed E-state index contributed by atoms with van der Waals surface area (Å²) < 4.78 is 31.3. The van der Waals surface area contributed by atoms with Gasteiger partial charge in [-0.25, -0.2) is 18.1 Å². The van der Waals surface area contributed by atoms with Crippen LogP contribution in [0.5, 0.6) is 0 Å². The van der Waals surface area contributed by atoms with Gasteiger partial charge in [-0.15, -0.1) is 0 Å². The third kappa shape index (κ3) is 3.99. The molecule has 8 heteroatoms. The third-order valence-electron chi connectivity index (χ3n) is 1.83. The average molecular weight is 285 g/mol. The molecule has 92 valence electrons. The molecular formula is C8H13ClN2O3S2. The number of nitrogens with one attached hydrogen (secondary N) is 1. The van der Waals surface area contributed by atoms with E-state index in [1.165, 1.54) is 6.20 Å². The van der Waals surface area contributed by atoms with Crippen molar-refractivity contribution in [3.05, 3.63) is 10.7 Å². The second-order valence-corrected chi connectivity index (χ2v) is 6.79. The Kier molecular flexibility index (Phi) is 5.13. The summed E-state index contributed by atoms with van der Waals surface area (Å²) in [5, 5.41) is 0. The molecule has 1 N–H and O–H groups in total. The Bertz CT molecular complexity index is 432. The highest BCUT2D eigenvalue weighted by molar-refractivity contribution is 7.91. The van der Waals surface area contributed by atoms with E-state index in [0.717, 1.165) is 11.3 Å². The highest BCUT2D eigenvalue weighted by Crippen LogP contribution is 2.22. The van der Waals surface area contributed by atoms with Gasteiger partial charge in [0.1, 0.15) is 0 Å². The van der Waals surface area contributed by atoms with Crippen LogP contribution in [0.3, 0.4) is 0 Å². The van der Waals surface area contributed by atoms with Gasteiger partial charge in [0.2, 0.25) is 0 Å². The van der Waals surface area contributed by atoms with Crippen LogP contribution in [-0.4, -0.2) is 33.2 Å². The normalized spacial score (nSPS) is 13.9. The minimum Gasteiger partial charge on any atom is -0.385 e. The quantitative estimate of drug-likeness (QED) is 0.859. The number of thiazole rings is 1. The molecule has 5 nitrogen and oxygen atoms in total. The fraction of sp³-hybridized carbons (Fsp3) is 0.625. The van der Waals surface area contributed by atoms with Gasteiger partial charge in [-0.2, -0.15) is 0 Å². The van der Waals surface area contributed by atoms with E-state index in [4.69, 9.17) is 16.3 Å². The van der Waals surface area contributed by atoms with Gasteiger partial charge < -0.3 is 4.74 Å². The van der Waals surface area contributed by atoms with Crippen molar-refractivity contribution in [2.75, 3.05) is 13.7 Å². The van der Waals surface area contributed by atoms with Crippen molar-refractivity contribution in [2.45, 2.75) is 23.6 Å². The summed E-state index contributed by atoms with van der Waals surface area (Å²) in [5.41, 5.74) is 0. The summed E-state index contributed by atoms with van der Waals surface area (Å²) in [5.74, 6) is 0. The topological polar surface area (TPSA) is 68.3 Å². The number of nitrogens with zero attached hydrogens (tertiary/aromatic N) is 1. The van der Waals surface area contributed by atoms with Crippen LogP contribution in [0.2, 0.25) is 4.47 Å². The Morgan fingerprint density at radius 1 is 1.69 bits per heavy atom. The van der Waals surface area contributed by atoms with E-state index in [1.54, 1.807) is 14.0 Å². The maximum atomic E-state index is 11.8. The first kappa shape index (κ1) is 13.9. The molecule has 0 saturated carbocycles. The molecule has 0 aromatic carbocycles. The maximum Gasteiger partial charge on any atom is 0.251 e. The number of halogens is 1. The summed E-state index contributed by atoms with van der Waals surface area (Å²) in [6, 6.07) is -0.189. The molecule has 0 fully saturated rings. The van der Waals surface area contributed by atoms with Crippen molar-refractivity contribution in [3.8, 4) is 0 Å². The standard InChI is InChI=1S/C8H13ClN2O3S2/c1-6(3-4-14-2)11-16(12,13)7-5-10-8(9)15-7/h5-6,11H,3-4H2,1-2H3. The van der Waals surface area contributed by atoms with Gasteiger partial charge in [0, 0.05) is 19.8 Å². The van der Waals surface area contributed by atoms with Crippen molar-refractivity contribution < 1.29 is 13.2 Å². The first-order chi connectivity index (χ1) is 7.45. The van der Waals surface area contributed by atoms with Gasteiger partial charge in [0.05, 0.1) is 6.20 Å². The second kappa shape index (κ2) is 5.92. The molecule has 0 amide bonds. The molecule has 1 heterocycles. The summed E-state index contributed by atoms with van der Waals surface area (Å²) in [6.07, 6.45) is 1.86. The van der Waals surface area contributed by atoms with E-state index in [-0.39, 0.29) is 14.7 Å². The summed E-state index contributed by atoms with van der Waals surface area (Å²) in [4.78, 5) is 3.69. The summed E-state index contributed by atoms with van der Waals surface area (Å²) in [7, 11) is -1.93. The van der Waals surface area contributed by atoms with Crippen molar-refractivity contribution in [3.63, 3.8) is 0 Å². The molecule has 0 aliphatic heterocycles. The van der Waals surface area contributed by atoms with E-state index < -0.39 is 10.0 Å². The number of methoxy groups -OCH3 is 1. The molecule has 0 aliphatic carbocycles. The molecule has 1 atom stereocenters. The van der Waals surface area contributed by atoms with Crippen LogP contribution in [0.15, 0.2) is 10.4 Å². The zero-order valence-electron chi connectivity index (χ0n) is 8.94. The second-order valence-electron chi connectivity index (χ2n) is 3.24. The molecule has 0 aliphatic rings. The highest BCUT2D eigenvalue weighted by atomic mass is 35.5. The minimum atomic E-state index is -3.50. The van der Waals surface area contributed by atoms with E-state index in [1.807, 2.05) is 0 Å². The molecule has 0 saturated heterocycles. The largest absolute Gasteiger partial charge is 0.385 e. The van der Waals surface area contributed by atoms with Gasteiger partial charge >= 0.3 is 0 Å². The lowest BCUT2D eigenvalue weighted by Gasteiger charge is -2.12. The highest BCUT2D eigenvalue weighted by Gasteiger charge is 2.19. The van der Waals surface area contributed by atoms with Crippen molar-refractivity contribution in [2.24, 2.45) is 0 Å². The molecule has 16 heavy (non-hydrogen) atoms. The van der Waals surface area contributed by atoms with Crippen LogP contribution in [0.4, 0.5) is 0 Å². The number of ether oxygens (including phenoxy) is 1. The van der Waals surface area contributed by atoms with E-state index in [0.29, 0.717) is 13.0 Å². The van der Waals surface area contributed by atoms with E-state index >= 15 is 0 Å². The lowest BCUT2D eigenvalue weighted by molar-refractivity contribution is 0.188. The summed E-state index contributed by atoms with van der Waals surface area (Å²) in [6.45, 7) is 2.28. The Balaban J connectivity index is 2.65. The third-order valence-corrected chi connectivity index (χ3v) is 5.00. The van der Waals surface area contributed by atoms with Crippen LogP contribution < -0.4 is 4.72 Å². The van der Waals surface area contributed by atoms with Crippen molar-refractivity contribution >= 4 is 33.0 Å². The Labute approximate surface area is 104 Å². The Morgan fingerprint density at radius 3 is 2.88 bits per heavy atom. The average Bonchev–Trinajstić information content (AvgIpc) is 2.62. The van der Waals surface area contributed by atoms with Crippen molar-refractivity contribution in [1.82, 2.24) is 9.71 Å². The zero-order valence-corrected chi connectivity index (χ0v) is 11.3. The monoisotopic (exact) mass is 284 g/mol. The maximum absolute atomic E-state index is 11.8. The molecule has 0 spiro atoms. The molecule has 1 rings (SSSR count). The number of hydrogen-bond acceptors (Lipinski definition) is 5. The van der Waals surface area contributed by atoms with Crippen LogP contribution in [0.1, 0.15) is 13.3 Å². The lowest BCUT2D eigenvalue weighted by atomic mass is 10.3. The zero-order chi connectivity index (χ0) is 12.2. The molecule has 1 aromatic rings. The van der Waals surface area contributed by atoms with Crippen LogP contribution in [-0.2, 0) is 14.8 Å². The number of rotatable bonds is 6. The Morgan fingerprint density at radius 2 is 2.38 bits per heavy atom. The molecule has 1 aromatic heterocycles. The number of aromatic nitrogens is 1. The van der Waals surface area contributed by atoms with Gasteiger partial charge in [0.25, 0.3) is 10.0 Å². The van der Waals surface area contributed by atoms with Crippen LogP contribution in [0.25, 0.3) is 0 Å². The predicted octanol–water partition coefficient (Wildman–Crippen LogP) is 1.50. The molecule has 0 bridgehead atoms. The minimum absolute atomic E-state index is 0.127. The fourth-order valence-corrected chi connectivity index (χ4v) is 3.63. The fourth-order valence-electron chi connectivity index (χ4n) is 1.04. The summed E-state index contributed by atoms with van der Waals surface area (Å²) >= 11 is 6.51. The molecular weight excluding hydrogens is 272 g/mol. The Hall–Kier alpha value is -0.210. The molecule has 1 unspecified atom stereocenters. The number of hydrogen-bond donors (Lipinski definition) is 1. The predicted molar refractivity (Wildman–Crippen MR) is 63.4 cm³/mol. The number of sulfonamides is 1. The van der Waals surface area contributed by atoms with Gasteiger partial charge in [-0.1, -0.05) is 22.9 Å². The SMILES string of the molecule is COCCC(C)NS(=O)(=O)c1cnc(Cl)s1. The van der Waals surface area contributed by atoms with Gasteiger partial charge in [-0.05, 0) is 13.3 Å². The first-order valence-corrected chi connectivity index (χ1v) is 7.26. The first-order valence-electron chi connectivity index (χ1n) is 4.58. The van der Waals surface area contributed by atoms with E-state index in [9.17, 15) is 8.42 Å². The van der Waals surface area contributed by atoms with Crippen LogP contribution >= 0.6 is 22.9 Å².